The molecule has 0 bridgehead atoms. The maximum Gasteiger partial charge on any atom is 0.333 e. The van der Waals surface area contributed by atoms with Gasteiger partial charge >= 0.3 is 11.9 Å². The van der Waals surface area contributed by atoms with Crippen LogP contribution in [0.5, 0.6) is 5.75 Å². The predicted octanol–water partition coefficient (Wildman–Crippen LogP) is 4.50. The number of ether oxygens (including phenoxy) is 3. The van der Waals surface area contributed by atoms with Crippen LogP contribution < -0.4 is 4.74 Å². The Morgan fingerprint density at radius 3 is 2.03 bits per heavy atom. The molecule has 7 nitrogen and oxygen atoms in total. The minimum absolute atomic E-state index is 0.125. The summed E-state index contributed by atoms with van der Waals surface area (Å²) < 4.78 is 16.4. The summed E-state index contributed by atoms with van der Waals surface area (Å²) in [5, 5.41) is 15.2. The molecule has 186 valence electrons. The monoisotopic (exact) mass is 464 g/mol. The van der Waals surface area contributed by atoms with Gasteiger partial charge in [0, 0.05) is 12.2 Å². The first-order valence-corrected chi connectivity index (χ1v) is 11.6. The number of carbonyl (C=O) groups is 2. The minimum atomic E-state index is -1.08. The van der Waals surface area contributed by atoms with E-state index in [1.54, 1.807) is 6.92 Å². The summed E-state index contributed by atoms with van der Waals surface area (Å²) in [5.41, 5.74) is 1.03. The average Bonchev–Trinajstić information content (AvgIpc) is 2.83. The number of aryl methyl sites for hydroxylation is 1. The highest BCUT2D eigenvalue weighted by Gasteiger charge is 2.26. The minimum Gasteiger partial charge on any atom is -0.452 e. The van der Waals surface area contributed by atoms with Crippen LogP contribution in [-0.2, 0) is 25.5 Å². The van der Waals surface area contributed by atoms with Crippen molar-refractivity contribution in [2.75, 3.05) is 13.2 Å². The van der Waals surface area contributed by atoms with E-state index in [0.29, 0.717) is 5.75 Å². The fourth-order valence-corrected chi connectivity index (χ4v) is 2.89. The first kappa shape index (κ1) is 30.4. The molecule has 0 aromatic heterocycles. The normalized spacial score (nSPS) is 11.9. The van der Waals surface area contributed by atoms with Crippen molar-refractivity contribution in [3.63, 3.8) is 0 Å². The van der Waals surface area contributed by atoms with E-state index in [1.807, 2.05) is 24.3 Å². The summed E-state index contributed by atoms with van der Waals surface area (Å²) >= 11 is 0. The average molecular weight is 465 g/mol. The van der Waals surface area contributed by atoms with Crippen LogP contribution in [0.2, 0.25) is 0 Å². The fourth-order valence-electron chi connectivity index (χ4n) is 2.89. The molecule has 1 aromatic rings. The van der Waals surface area contributed by atoms with Crippen LogP contribution in [0.3, 0.4) is 0 Å². The van der Waals surface area contributed by atoms with Gasteiger partial charge < -0.3 is 24.4 Å². The first-order chi connectivity index (χ1) is 15.9. The highest BCUT2D eigenvalue weighted by Crippen LogP contribution is 2.24. The quantitative estimate of drug-likeness (QED) is 0.161. The third-order valence-corrected chi connectivity index (χ3v) is 4.62. The van der Waals surface area contributed by atoms with Gasteiger partial charge in [0.25, 0.3) is 6.29 Å². The van der Waals surface area contributed by atoms with E-state index in [1.165, 1.54) is 38.5 Å². The lowest BCUT2D eigenvalue weighted by Crippen LogP contribution is -2.37. The lowest BCUT2D eigenvalue weighted by Gasteiger charge is -2.25. The van der Waals surface area contributed by atoms with Crippen LogP contribution >= 0.6 is 0 Å². The summed E-state index contributed by atoms with van der Waals surface area (Å²) in [6, 6.07) is 7.64. The molecule has 0 amide bonds. The topological polar surface area (TPSA) is 102 Å². The molecule has 2 N–H and O–H groups in total. The van der Waals surface area contributed by atoms with Crippen molar-refractivity contribution in [2.45, 2.75) is 77.6 Å². The zero-order valence-corrected chi connectivity index (χ0v) is 20.0. The number of hydrogen-bond acceptors (Lipinski definition) is 7. The van der Waals surface area contributed by atoms with E-state index in [0.717, 1.165) is 30.6 Å². The number of unbranched alkanes of at least 4 members (excludes halogenated alkanes) is 6. The molecule has 0 heterocycles. The molecule has 0 aliphatic rings. The van der Waals surface area contributed by atoms with Gasteiger partial charge in [-0.05, 0) is 31.4 Å². The Kier molecular flexibility index (Phi) is 18.4. The van der Waals surface area contributed by atoms with Crippen molar-refractivity contribution in [1.82, 2.24) is 0 Å². The Morgan fingerprint density at radius 1 is 0.909 bits per heavy atom. The Morgan fingerprint density at radius 2 is 1.45 bits per heavy atom. The smallest absolute Gasteiger partial charge is 0.333 e. The summed E-state index contributed by atoms with van der Waals surface area (Å²) in [6.45, 7) is 10.3. The Labute approximate surface area is 198 Å². The van der Waals surface area contributed by atoms with Gasteiger partial charge in [0.05, 0.1) is 13.2 Å². The van der Waals surface area contributed by atoms with E-state index < -0.39 is 24.3 Å². The molecule has 0 radical (unpaired) electrons. The SMILES string of the molecule is C=CC(=O)OC(C)C(OC(=O)C=C)Oc1ccccc1CCCCCCCCC.OCCO. The van der Waals surface area contributed by atoms with Gasteiger partial charge in [-0.25, -0.2) is 9.59 Å². The molecule has 0 aliphatic heterocycles. The standard InChI is InChI=1S/C24H34O5.C2H6O2/c1-5-8-9-10-11-12-13-16-20-17-14-15-18-21(20)28-24(29-23(26)7-3)19(4)27-22(25)6-2;3-1-2-4/h6-7,14-15,17-19,24H,2-3,5,8-13,16H2,1,4H3;3-4H,1-2H2. The lowest BCUT2D eigenvalue weighted by atomic mass is 10.0. The van der Waals surface area contributed by atoms with Gasteiger partial charge in [0.1, 0.15) is 5.75 Å². The van der Waals surface area contributed by atoms with Crippen LogP contribution in [-0.4, -0.2) is 47.8 Å². The van der Waals surface area contributed by atoms with Crippen molar-refractivity contribution in [3.8, 4) is 5.75 Å². The Hall–Kier alpha value is -2.64. The number of aliphatic hydroxyl groups excluding tert-OH is 2. The summed E-state index contributed by atoms with van der Waals surface area (Å²) in [6.07, 6.45) is 9.66. The summed E-state index contributed by atoms with van der Waals surface area (Å²) in [7, 11) is 0. The van der Waals surface area contributed by atoms with Crippen molar-refractivity contribution in [3.05, 3.63) is 55.1 Å². The number of aliphatic hydroxyl groups is 2. The molecule has 33 heavy (non-hydrogen) atoms. The van der Waals surface area contributed by atoms with Gasteiger partial charge in [-0.3, -0.25) is 0 Å². The molecule has 0 aliphatic carbocycles. The van der Waals surface area contributed by atoms with E-state index >= 15 is 0 Å². The third kappa shape index (κ3) is 14.9. The summed E-state index contributed by atoms with van der Waals surface area (Å²) in [4.78, 5) is 23.2. The molecule has 0 saturated heterocycles. The number of carbonyl (C=O) groups excluding carboxylic acids is 2. The number of rotatable bonds is 16. The second kappa shape index (κ2) is 20.0. The molecule has 0 saturated carbocycles. The molecular formula is C26H40O7. The number of esters is 2. The molecule has 2 unspecified atom stereocenters. The molecule has 0 fully saturated rings. The van der Waals surface area contributed by atoms with Gasteiger partial charge in [0.2, 0.25) is 0 Å². The van der Waals surface area contributed by atoms with Crippen LogP contribution in [0.4, 0.5) is 0 Å². The van der Waals surface area contributed by atoms with Crippen molar-refractivity contribution in [2.24, 2.45) is 0 Å². The highest BCUT2D eigenvalue weighted by atomic mass is 16.7. The van der Waals surface area contributed by atoms with Crippen LogP contribution in [0.25, 0.3) is 0 Å². The fraction of sp³-hybridized carbons (Fsp3) is 0.538. The lowest BCUT2D eigenvalue weighted by molar-refractivity contribution is -0.183. The van der Waals surface area contributed by atoms with Crippen LogP contribution in [0, 0.1) is 0 Å². The number of para-hydroxylation sites is 1. The van der Waals surface area contributed by atoms with Gasteiger partial charge in [-0.15, -0.1) is 0 Å². The van der Waals surface area contributed by atoms with Crippen molar-refractivity contribution >= 4 is 11.9 Å². The molecule has 2 atom stereocenters. The van der Waals surface area contributed by atoms with Crippen molar-refractivity contribution in [1.29, 1.82) is 0 Å². The third-order valence-electron chi connectivity index (χ3n) is 4.62. The van der Waals surface area contributed by atoms with Gasteiger partial charge in [-0.2, -0.15) is 0 Å². The second-order valence-corrected chi connectivity index (χ2v) is 7.40. The first-order valence-electron chi connectivity index (χ1n) is 11.6. The Bertz CT molecular complexity index is 685. The van der Waals surface area contributed by atoms with E-state index in [-0.39, 0.29) is 13.2 Å². The maximum atomic E-state index is 11.7. The zero-order chi connectivity index (χ0) is 24.9. The van der Waals surface area contributed by atoms with E-state index in [9.17, 15) is 9.59 Å². The van der Waals surface area contributed by atoms with Crippen LogP contribution in [0.1, 0.15) is 64.4 Å². The highest BCUT2D eigenvalue weighted by molar-refractivity contribution is 5.82. The maximum absolute atomic E-state index is 11.7. The largest absolute Gasteiger partial charge is 0.452 e. The Balaban J connectivity index is 0.00000235. The zero-order valence-electron chi connectivity index (χ0n) is 20.0. The molecule has 7 heteroatoms. The van der Waals surface area contributed by atoms with Crippen molar-refractivity contribution < 1.29 is 34.0 Å². The molecule has 1 rings (SSSR count). The summed E-state index contributed by atoms with van der Waals surface area (Å²) in [5.74, 6) is -0.653. The molecule has 0 spiro atoms. The van der Waals surface area contributed by atoms with E-state index in [2.05, 4.69) is 20.1 Å². The van der Waals surface area contributed by atoms with Gasteiger partial charge in [-0.1, -0.05) is 76.8 Å². The number of hydrogen-bond donors (Lipinski definition) is 2. The second-order valence-electron chi connectivity index (χ2n) is 7.40. The van der Waals surface area contributed by atoms with E-state index in [4.69, 9.17) is 24.4 Å². The van der Waals surface area contributed by atoms with Gasteiger partial charge in [0.15, 0.2) is 6.10 Å². The molecular weight excluding hydrogens is 424 g/mol. The molecule has 1 aromatic carbocycles. The predicted molar refractivity (Wildman–Crippen MR) is 129 cm³/mol. The number of benzene rings is 1. The van der Waals surface area contributed by atoms with Crippen LogP contribution in [0.15, 0.2) is 49.6 Å².